The quantitative estimate of drug-likeness (QED) is 0.418. The van der Waals surface area contributed by atoms with Crippen LogP contribution in [0.5, 0.6) is 0 Å². The fourth-order valence-corrected chi connectivity index (χ4v) is 2.73. The maximum Gasteiger partial charge on any atom is 0.334 e. The lowest BCUT2D eigenvalue weighted by Crippen LogP contribution is -2.36. The summed E-state index contributed by atoms with van der Waals surface area (Å²) in [5.74, 6) is 0. The van der Waals surface area contributed by atoms with E-state index in [1.165, 1.54) is 0 Å². The second-order valence-electron chi connectivity index (χ2n) is 4.03. The van der Waals surface area contributed by atoms with Gasteiger partial charge in [0, 0.05) is 35.0 Å². The molecule has 0 aliphatic rings. The van der Waals surface area contributed by atoms with Gasteiger partial charge < -0.3 is 23.1 Å². The van der Waals surface area contributed by atoms with Crippen molar-refractivity contribution < 1.29 is 23.1 Å². The zero-order chi connectivity index (χ0) is 13.1. The van der Waals surface area contributed by atoms with Crippen molar-refractivity contribution in [2.75, 3.05) is 48.3 Å². The Morgan fingerprint density at radius 3 is 2.12 bits per heavy atom. The van der Waals surface area contributed by atoms with Crippen LogP contribution in [0.4, 0.5) is 0 Å². The molecule has 17 heavy (non-hydrogen) atoms. The maximum absolute atomic E-state index is 5.53. The van der Waals surface area contributed by atoms with Crippen LogP contribution in [0.15, 0.2) is 0 Å². The summed E-state index contributed by atoms with van der Waals surface area (Å²) in [5, 5.41) is 0. The molecule has 0 fully saturated rings. The van der Waals surface area contributed by atoms with Crippen molar-refractivity contribution in [1.82, 2.24) is 0 Å². The second kappa shape index (κ2) is 9.99. The van der Waals surface area contributed by atoms with Gasteiger partial charge in [-0.25, -0.2) is 0 Å². The summed E-state index contributed by atoms with van der Waals surface area (Å²) >= 11 is 0. The molecule has 0 aliphatic heterocycles. The van der Waals surface area contributed by atoms with Crippen molar-refractivity contribution >= 4 is 8.56 Å². The molecular weight excluding hydrogens is 240 g/mol. The van der Waals surface area contributed by atoms with Crippen molar-refractivity contribution in [3.05, 3.63) is 0 Å². The summed E-state index contributed by atoms with van der Waals surface area (Å²) in [7, 11) is 4.79. The molecule has 104 valence electrons. The largest absolute Gasteiger partial charge is 0.398 e. The van der Waals surface area contributed by atoms with E-state index in [0.717, 1.165) is 12.5 Å². The van der Waals surface area contributed by atoms with Crippen LogP contribution in [0.25, 0.3) is 0 Å². The molecule has 0 N–H and O–H groups in total. The van der Waals surface area contributed by atoms with Crippen LogP contribution in [-0.4, -0.2) is 62.9 Å². The molecule has 0 heterocycles. The van der Waals surface area contributed by atoms with Crippen LogP contribution in [0.3, 0.4) is 0 Å². The number of methoxy groups -OCH3 is 2. The molecule has 0 aromatic heterocycles. The van der Waals surface area contributed by atoms with Crippen LogP contribution in [-0.2, 0) is 23.1 Å². The molecule has 0 aromatic carbocycles. The molecule has 0 bridgehead atoms. The smallest absolute Gasteiger partial charge is 0.334 e. The predicted molar refractivity (Wildman–Crippen MR) is 68.6 cm³/mol. The lowest BCUT2D eigenvalue weighted by Gasteiger charge is -2.22. The Morgan fingerprint density at radius 2 is 1.65 bits per heavy atom. The first-order valence-corrected chi connectivity index (χ1v) is 8.34. The Labute approximate surface area is 106 Å². The van der Waals surface area contributed by atoms with E-state index in [1.54, 1.807) is 28.4 Å². The molecule has 1 atom stereocenters. The SMILES string of the molecule is COCC(COCCC[Si](C)(OC)OC)OC. The van der Waals surface area contributed by atoms with Gasteiger partial charge in [-0.15, -0.1) is 0 Å². The molecule has 5 nitrogen and oxygen atoms in total. The third kappa shape index (κ3) is 7.85. The fourth-order valence-electron chi connectivity index (χ4n) is 1.37. The fraction of sp³-hybridized carbons (Fsp3) is 1.00. The predicted octanol–water partition coefficient (Wildman–Crippen LogP) is 1.42. The minimum Gasteiger partial charge on any atom is -0.398 e. The third-order valence-corrected chi connectivity index (χ3v) is 5.76. The standard InChI is InChI=1S/C11H26O5Si/c1-12-9-11(13-2)10-16-7-6-8-17(5,14-3)15-4/h11H,6-10H2,1-5H3. The first-order chi connectivity index (χ1) is 8.11. The van der Waals surface area contributed by atoms with Crippen LogP contribution in [0, 0.1) is 0 Å². The molecule has 0 saturated heterocycles. The highest BCUT2D eigenvalue weighted by atomic mass is 28.4. The van der Waals surface area contributed by atoms with Crippen molar-refractivity contribution in [2.24, 2.45) is 0 Å². The van der Waals surface area contributed by atoms with Crippen molar-refractivity contribution in [3.63, 3.8) is 0 Å². The minimum atomic E-state index is -1.93. The number of ether oxygens (including phenoxy) is 3. The van der Waals surface area contributed by atoms with E-state index in [0.29, 0.717) is 19.8 Å². The average molecular weight is 266 g/mol. The van der Waals surface area contributed by atoms with Gasteiger partial charge >= 0.3 is 8.56 Å². The molecular formula is C11H26O5Si. The molecule has 6 heteroatoms. The number of hydrogen-bond donors (Lipinski definition) is 0. The summed E-state index contributed by atoms with van der Waals surface area (Å²) in [6.45, 7) is 3.86. The highest BCUT2D eigenvalue weighted by molar-refractivity contribution is 6.65. The van der Waals surface area contributed by atoms with E-state index in [1.807, 2.05) is 0 Å². The molecule has 0 spiro atoms. The average Bonchev–Trinajstić information content (AvgIpc) is 2.36. The van der Waals surface area contributed by atoms with Gasteiger partial charge in [0.05, 0.1) is 13.2 Å². The Balaban J connectivity index is 3.57. The highest BCUT2D eigenvalue weighted by Crippen LogP contribution is 2.13. The third-order valence-electron chi connectivity index (χ3n) is 2.77. The molecule has 0 aliphatic carbocycles. The first kappa shape index (κ1) is 17.0. The Bertz CT molecular complexity index is 175. The van der Waals surface area contributed by atoms with Crippen LogP contribution < -0.4 is 0 Å². The van der Waals surface area contributed by atoms with Gasteiger partial charge in [0.1, 0.15) is 6.10 Å². The van der Waals surface area contributed by atoms with Gasteiger partial charge in [0.25, 0.3) is 0 Å². The van der Waals surface area contributed by atoms with Gasteiger partial charge in [-0.3, -0.25) is 0 Å². The molecule has 0 aromatic rings. The van der Waals surface area contributed by atoms with Crippen molar-refractivity contribution in [2.45, 2.75) is 25.1 Å². The first-order valence-electron chi connectivity index (χ1n) is 5.81. The van der Waals surface area contributed by atoms with Crippen LogP contribution in [0.1, 0.15) is 6.42 Å². The Morgan fingerprint density at radius 1 is 1.00 bits per heavy atom. The van der Waals surface area contributed by atoms with Gasteiger partial charge in [0.2, 0.25) is 0 Å². The van der Waals surface area contributed by atoms with E-state index in [2.05, 4.69) is 6.55 Å². The van der Waals surface area contributed by atoms with E-state index < -0.39 is 8.56 Å². The molecule has 0 rings (SSSR count). The topological polar surface area (TPSA) is 46.2 Å². The highest BCUT2D eigenvalue weighted by Gasteiger charge is 2.27. The molecule has 0 saturated carbocycles. The molecule has 0 radical (unpaired) electrons. The lowest BCUT2D eigenvalue weighted by atomic mass is 10.4. The van der Waals surface area contributed by atoms with E-state index in [9.17, 15) is 0 Å². The Hall–Kier alpha value is 0.0169. The Kier molecular flexibility index (Phi) is 10.00. The summed E-state index contributed by atoms with van der Waals surface area (Å²) in [4.78, 5) is 0. The van der Waals surface area contributed by atoms with Crippen molar-refractivity contribution in [1.29, 1.82) is 0 Å². The monoisotopic (exact) mass is 266 g/mol. The van der Waals surface area contributed by atoms with Crippen LogP contribution in [0.2, 0.25) is 12.6 Å². The summed E-state index contributed by atoms with van der Waals surface area (Å²) in [6.07, 6.45) is 0.946. The molecule has 1 unspecified atom stereocenters. The zero-order valence-corrected chi connectivity index (χ0v) is 12.7. The van der Waals surface area contributed by atoms with Gasteiger partial charge in [-0.2, -0.15) is 0 Å². The summed E-state index contributed by atoms with van der Waals surface area (Å²) in [6, 6.07) is 0.932. The second-order valence-corrected chi connectivity index (χ2v) is 7.62. The molecule has 0 amide bonds. The van der Waals surface area contributed by atoms with Gasteiger partial charge in [-0.05, 0) is 19.0 Å². The van der Waals surface area contributed by atoms with E-state index >= 15 is 0 Å². The normalized spacial score (nSPS) is 13.9. The zero-order valence-electron chi connectivity index (χ0n) is 11.7. The van der Waals surface area contributed by atoms with E-state index in [-0.39, 0.29) is 6.10 Å². The minimum absolute atomic E-state index is 0.00785. The lowest BCUT2D eigenvalue weighted by molar-refractivity contribution is -0.0303. The summed E-state index contributed by atoms with van der Waals surface area (Å²) in [5.41, 5.74) is 0. The maximum atomic E-state index is 5.53. The van der Waals surface area contributed by atoms with Gasteiger partial charge in [0.15, 0.2) is 0 Å². The van der Waals surface area contributed by atoms with Crippen LogP contribution >= 0.6 is 0 Å². The van der Waals surface area contributed by atoms with Gasteiger partial charge in [-0.1, -0.05) is 0 Å². The number of hydrogen-bond acceptors (Lipinski definition) is 5. The number of rotatable bonds is 11. The van der Waals surface area contributed by atoms with E-state index in [4.69, 9.17) is 23.1 Å². The summed E-state index contributed by atoms with van der Waals surface area (Å²) < 4.78 is 26.5. The van der Waals surface area contributed by atoms with Crippen molar-refractivity contribution in [3.8, 4) is 0 Å².